The third kappa shape index (κ3) is 4.60. The minimum Gasteiger partial charge on any atom is -0.401 e. The van der Waals surface area contributed by atoms with Crippen LogP contribution in [0.2, 0.25) is 0 Å². The Balaban J connectivity index is 1.78. The fourth-order valence-corrected chi connectivity index (χ4v) is 1.49. The first kappa shape index (κ1) is 15.0. The lowest BCUT2D eigenvalue weighted by molar-refractivity contribution is -0.402. The Morgan fingerprint density at radius 3 is 2.68 bits per heavy atom. The number of nitrogens with zero attached hydrogens (tertiary/aromatic N) is 2. The average molecular weight is 300 g/mol. The molecule has 0 spiro atoms. The molecule has 2 N–H and O–H groups in total. The number of furan rings is 1. The standard InChI is InChI=1S/C14H12N4O4/c19-14(16-11-5-2-1-3-6-11)17-15-10-4-7-12-8-9-13(22-12)18(20)21/h1-10H,(H2,16,17,19)/b7-4+,15-10+. The molecule has 0 atom stereocenters. The number of carbonyl (C=O) groups excluding carboxylic acids is 1. The van der Waals surface area contributed by atoms with Crippen LogP contribution in [0.4, 0.5) is 16.4 Å². The molecule has 0 aliphatic rings. The number of hydrazone groups is 1. The van der Waals surface area contributed by atoms with Gasteiger partial charge in [0.25, 0.3) is 0 Å². The predicted octanol–water partition coefficient (Wildman–Crippen LogP) is 3.01. The summed E-state index contributed by atoms with van der Waals surface area (Å²) in [7, 11) is 0. The molecule has 0 aliphatic heterocycles. The fourth-order valence-electron chi connectivity index (χ4n) is 1.49. The minimum atomic E-state index is -0.624. The Bertz CT molecular complexity index is 707. The van der Waals surface area contributed by atoms with E-state index >= 15 is 0 Å². The van der Waals surface area contributed by atoms with E-state index in [1.54, 1.807) is 24.3 Å². The first-order chi connectivity index (χ1) is 10.6. The van der Waals surface area contributed by atoms with Crippen molar-refractivity contribution in [1.29, 1.82) is 0 Å². The van der Waals surface area contributed by atoms with E-state index in [9.17, 15) is 14.9 Å². The van der Waals surface area contributed by atoms with Gasteiger partial charge in [0.15, 0.2) is 0 Å². The number of para-hydroxylation sites is 1. The Morgan fingerprint density at radius 1 is 1.23 bits per heavy atom. The van der Waals surface area contributed by atoms with Crippen molar-refractivity contribution < 1.29 is 14.1 Å². The summed E-state index contributed by atoms with van der Waals surface area (Å²) in [4.78, 5) is 21.3. The van der Waals surface area contributed by atoms with Crippen molar-refractivity contribution in [2.75, 3.05) is 5.32 Å². The molecule has 1 aromatic carbocycles. The average Bonchev–Trinajstić information content (AvgIpc) is 2.97. The van der Waals surface area contributed by atoms with Crippen LogP contribution in [-0.2, 0) is 0 Å². The zero-order valence-corrected chi connectivity index (χ0v) is 11.3. The quantitative estimate of drug-likeness (QED) is 0.502. The second kappa shape index (κ2) is 7.39. The van der Waals surface area contributed by atoms with Gasteiger partial charge in [-0.2, -0.15) is 5.10 Å². The largest absolute Gasteiger partial charge is 0.433 e. The molecule has 0 radical (unpaired) electrons. The number of hydrogen-bond acceptors (Lipinski definition) is 5. The monoisotopic (exact) mass is 300 g/mol. The summed E-state index contributed by atoms with van der Waals surface area (Å²) >= 11 is 0. The van der Waals surface area contributed by atoms with Crippen LogP contribution in [-0.4, -0.2) is 17.2 Å². The number of rotatable bonds is 5. The van der Waals surface area contributed by atoms with Crippen LogP contribution in [0.1, 0.15) is 5.76 Å². The van der Waals surface area contributed by atoms with Gasteiger partial charge in [-0.3, -0.25) is 10.1 Å². The molecular formula is C14H12N4O4. The van der Waals surface area contributed by atoms with Gasteiger partial charge < -0.3 is 9.73 Å². The van der Waals surface area contributed by atoms with Crippen LogP contribution in [0.3, 0.4) is 0 Å². The first-order valence-corrected chi connectivity index (χ1v) is 6.21. The molecule has 8 heteroatoms. The van der Waals surface area contributed by atoms with E-state index in [-0.39, 0.29) is 5.88 Å². The van der Waals surface area contributed by atoms with Crippen LogP contribution in [0.25, 0.3) is 6.08 Å². The number of nitrogens with one attached hydrogen (secondary N) is 2. The molecule has 1 heterocycles. The van der Waals surface area contributed by atoms with E-state index in [1.165, 1.54) is 30.5 Å². The van der Waals surface area contributed by atoms with Crippen molar-refractivity contribution in [2.24, 2.45) is 5.10 Å². The van der Waals surface area contributed by atoms with Crippen LogP contribution < -0.4 is 10.7 Å². The lowest BCUT2D eigenvalue weighted by Crippen LogP contribution is -2.23. The van der Waals surface area contributed by atoms with Gasteiger partial charge >= 0.3 is 11.9 Å². The summed E-state index contributed by atoms with van der Waals surface area (Å²) in [6.45, 7) is 0. The second-order valence-corrected chi connectivity index (χ2v) is 4.00. The van der Waals surface area contributed by atoms with E-state index in [2.05, 4.69) is 15.8 Å². The number of hydrogen-bond donors (Lipinski definition) is 2. The summed E-state index contributed by atoms with van der Waals surface area (Å²) in [5.41, 5.74) is 2.92. The Kier molecular flexibility index (Phi) is 5.03. The number of benzene rings is 1. The lowest BCUT2D eigenvalue weighted by Gasteiger charge is -2.02. The molecule has 112 valence electrons. The Morgan fingerprint density at radius 2 is 2.00 bits per heavy atom. The Hall–Kier alpha value is -3.42. The van der Waals surface area contributed by atoms with Crippen LogP contribution >= 0.6 is 0 Å². The van der Waals surface area contributed by atoms with E-state index in [0.29, 0.717) is 11.4 Å². The molecule has 1 aromatic heterocycles. The summed E-state index contributed by atoms with van der Waals surface area (Å²) in [6, 6.07) is 11.1. The van der Waals surface area contributed by atoms with Crippen molar-refractivity contribution in [3.8, 4) is 0 Å². The maximum absolute atomic E-state index is 11.5. The zero-order chi connectivity index (χ0) is 15.8. The smallest absolute Gasteiger partial charge is 0.401 e. The van der Waals surface area contributed by atoms with Gasteiger partial charge in [0.2, 0.25) is 0 Å². The number of urea groups is 1. The maximum atomic E-state index is 11.5. The van der Waals surface area contributed by atoms with E-state index in [4.69, 9.17) is 4.42 Å². The van der Waals surface area contributed by atoms with E-state index in [0.717, 1.165) is 0 Å². The summed E-state index contributed by atoms with van der Waals surface area (Å²) in [6.07, 6.45) is 4.28. The third-order valence-electron chi connectivity index (χ3n) is 2.41. The van der Waals surface area contributed by atoms with Crippen molar-refractivity contribution in [1.82, 2.24) is 5.43 Å². The molecule has 8 nitrogen and oxygen atoms in total. The van der Waals surface area contributed by atoms with Gasteiger partial charge in [0.05, 0.1) is 6.07 Å². The number of carbonyl (C=O) groups is 1. The highest BCUT2D eigenvalue weighted by Gasteiger charge is 2.09. The van der Waals surface area contributed by atoms with Gasteiger partial charge in [0.1, 0.15) is 10.7 Å². The minimum absolute atomic E-state index is 0.312. The number of anilines is 1. The van der Waals surface area contributed by atoms with Gasteiger partial charge in [0, 0.05) is 11.9 Å². The number of amides is 2. The highest BCUT2D eigenvalue weighted by Crippen LogP contribution is 2.16. The summed E-state index contributed by atoms with van der Waals surface area (Å²) in [5.74, 6) is -0.0242. The molecule has 22 heavy (non-hydrogen) atoms. The van der Waals surface area contributed by atoms with Gasteiger partial charge in [-0.15, -0.1) is 0 Å². The van der Waals surface area contributed by atoms with Crippen molar-refractivity contribution >= 4 is 29.9 Å². The first-order valence-electron chi connectivity index (χ1n) is 6.21. The topological polar surface area (TPSA) is 110 Å². The highest BCUT2D eigenvalue weighted by atomic mass is 16.6. The molecule has 0 saturated carbocycles. The van der Waals surface area contributed by atoms with Gasteiger partial charge in [-0.05, 0) is 30.4 Å². The zero-order valence-electron chi connectivity index (χ0n) is 11.3. The molecule has 0 unspecified atom stereocenters. The molecule has 0 aliphatic carbocycles. The van der Waals surface area contributed by atoms with E-state index < -0.39 is 11.0 Å². The SMILES string of the molecule is O=C(N/N=C/C=C/c1ccc([N+](=O)[O-])o1)Nc1ccccc1. The number of allylic oxidation sites excluding steroid dienone is 1. The van der Waals surface area contributed by atoms with Crippen molar-refractivity contribution in [3.63, 3.8) is 0 Å². The molecular weight excluding hydrogens is 288 g/mol. The highest BCUT2D eigenvalue weighted by molar-refractivity contribution is 5.90. The molecule has 2 rings (SSSR count). The van der Waals surface area contributed by atoms with Crippen LogP contribution in [0.5, 0.6) is 0 Å². The van der Waals surface area contributed by atoms with Crippen molar-refractivity contribution in [3.05, 3.63) is 64.4 Å². The number of nitro groups is 1. The molecule has 2 aromatic rings. The predicted molar refractivity (Wildman–Crippen MR) is 81.5 cm³/mol. The third-order valence-corrected chi connectivity index (χ3v) is 2.41. The summed E-state index contributed by atoms with van der Waals surface area (Å²) in [5, 5.41) is 16.7. The van der Waals surface area contributed by atoms with Crippen molar-refractivity contribution in [2.45, 2.75) is 0 Å². The normalized spacial score (nSPS) is 10.9. The van der Waals surface area contributed by atoms with E-state index in [1.807, 2.05) is 6.07 Å². The van der Waals surface area contributed by atoms with Crippen LogP contribution in [0, 0.1) is 10.1 Å². The van der Waals surface area contributed by atoms with Gasteiger partial charge in [-0.25, -0.2) is 10.2 Å². The van der Waals surface area contributed by atoms with Crippen LogP contribution in [0.15, 0.2) is 58.1 Å². The fraction of sp³-hybridized carbons (Fsp3) is 0. The second-order valence-electron chi connectivity index (χ2n) is 4.00. The summed E-state index contributed by atoms with van der Waals surface area (Å²) < 4.78 is 4.90. The molecule has 2 amide bonds. The lowest BCUT2D eigenvalue weighted by atomic mass is 10.3. The van der Waals surface area contributed by atoms with Gasteiger partial charge in [-0.1, -0.05) is 18.2 Å². The molecule has 0 saturated heterocycles. The molecule has 0 fully saturated rings. The molecule has 0 bridgehead atoms. The Labute approximate surface area is 125 Å². The maximum Gasteiger partial charge on any atom is 0.433 e.